The van der Waals surface area contributed by atoms with Crippen LogP contribution in [0.5, 0.6) is 0 Å². The van der Waals surface area contributed by atoms with Gasteiger partial charge in [-0.3, -0.25) is 0 Å². The number of carbonyl (C=O) groups excluding carboxylic acids is 1. The van der Waals surface area contributed by atoms with Crippen molar-refractivity contribution in [3.8, 4) is 0 Å². The first kappa shape index (κ1) is 20.8. The summed E-state index contributed by atoms with van der Waals surface area (Å²) in [6, 6.07) is 0. The molecule has 0 aromatic carbocycles. The van der Waals surface area contributed by atoms with E-state index in [1.54, 1.807) is 6.92 Å². The van der Waals surface area contributed by atoms with Gasteiger partial charge in [0.25, 0.3) is 0 Å². The second-order valence-electron chi connectivity index (χ2n) is 5.97. The SMILES string of the molecule is CC(=O)CCCCCC/C=C\CCCCCC[C@H](O)C(=O)O. The molecule has 0 aliphatic heterocycles. The maximum Gasteiger partial charge on any atom is 0.332 e. The fourth-order valence-corrected chi connectivity index (χ4v) is 2.30. The van der Waals surface area contributed by atoms with Gasteiger partial charge in [-0.2, -0.15) is 0 Å². The van der Waals surface area contributed by atoms with Crippen molar-refractivity contribution >= 4 is 11.8 Å². The third kappa shape index (κ3) is 15.2. The van der Waals surface area contributed by atoms with Gasteiger partial charge in [0.05, 0.1) is 0 Å². The van der Waals surface area contributed by atoms with Crippen LogP contribution in [0.1, 0.15) is 84.0 Å². The number of ketones is 1. The van der Waals surface area contributed by atoms with Gasteiger partial charge < -0.3 is 15.0 Å². The average molecular weight is 312 g/mol. The minimum atomic E-state index is -1.20. The van der Waals surface area contributed by atoms with E-state index < -0.39 is 12.1 Å². The van der Waals surface area contributed by atoms with Gasteiger partial charge in [-0.25, -0.2) is 4.79 Å². The van der Waals surface area contributed by atoms with Crippen molar-refractivity contribution in [2.45, 2.75) is 90.1 Å². The van der Waals surface area contributed by atoms with Crippen LogP contribution >= 0.6 is 0 Å². The summed E-state index contributed by atoms with van der Waals surface area (Å²) in [5.74, 6) is -0.832. The monoisotopic (exact) mass is 312 g/mol. The Morgan fingerprint density at radius 3 is 1.86 bits per heavy atom. The van der Waals surface area contributed by atoms with Crippen LogP contribution in [0.15, 0.2) is 12.2 Å². The number of carboxylic acid groups (broad SMARTS) is 1. The molecule has 0 aromatic heterocycles. The van der Waals surface area contributed by atoms with E-state index in [0.29, 0.717) is 6.42 Å². The van der Waals surface area contributed by atoms with E-state index in [-0.39, 0.29) is 5.78 Å². The molecule has 0 rings (SSSR count). The van der Waals surface area contributed by atoms with Crippen LogP contribution in [-0.4, -0.2) is 28.1 Å². The number of carbonyl (C=O) groups is 2. The summed E-state index contributed by atoms with van der Waals surface area (Å²) in [5.41, 5.74) is 0. The molecule has 0 aromatic rings. The zero-order valence-corrected chi connectivity index (χ0v) is 13.9. The van der Waals surface area contributed by atoms with Crippen molar-refractivity contribution in [1.82, 2.24) is 0 Å². The fourth-order valence-electron chi connectivity index (χ4n) is 2.30. The Morgan fingerprint density at radius 2 is 1.36 bits per heavy atom. The third-order valence-corrected chi connectivity index (χ3v) is 3.70. The molecule has 2 N–H and O–H groups in total. The lowest BCUT2D eigenvalue weighted by atomic mass is 10.1. The summed E-state index contributed by atoms with van der Waals surface area (Å²) in [7, 11) is 0. The molecule has 0 saturated carbocycles. The zero-order chi connectivity index (χ0) is 16.6. The third-order valence-electron chi connectivity index (χ3n) is 3.70. The maximum atomic E-state index is 10.8. The van der Waals surface area contributed by atoms with E-state index in [1.807, 2.05) is 0 Å². The van der Waals surface area contributed by atoms with Gasteiger partial charge in [0.15, 0.2) is 6.10 Å². The van der Waals surface area contributed by atoms with Gasteiger partial charge in [-0.05, 0) is 45.4 Å². The van der Waals surface area contributed by atoms with Gasteiger partial charge in [-0.1, -0.05) is 44.3 Å². The highest BCUT2D eigenvalue weighted by Gasteiger charge is 2.11. The molecule has 0 heterocycles. The molecule has 4 heteroatoms. The number of rotatable bonds is 15. The van der Waals surface area contributed by atoms with Crippen LogP contribution < -0.4 is 0 Å². The predicted molar refractivity (Wildman–Crippen MR) is 88.9 cm³/mol. The highest BCUT2D eigenvalue weighted by Crippen LogP contribution is 2.09. The molecule has 0 unspecified atom stereocenters. The second kappa shape index (κ2) is 14.8. The molecule has 0 aliphatic rings. The molecule has 0 aliphatic carbocycles. The van der Waals surface area contributed by atoms with Crippen LogP contribution in [0.4, 0.5) is 0 Å². The molecule has 0 bridgehead atoms. The summed E-state index contributed by atoms with van der Waals surface area (Å²) in [6.07, 6.45) is 15.1. The lowest BCUT2D eigenvalue weighted by molar-refractivity contribution is -0.147. The lowest BCUT2D eigenvalue weighted by Gasteiger charge is -2.04. The topological polar surface area (TPSA) is 74.6 Å². The van der Waals surface area contributed by atoms with Gasteiger partial charge >= 0.3 is 5.97 Å². The van der Waals surface area contributed by atoms with E-state index in [2.05, 4.69) is 12.2 Å². The van der Waals surface area contributed by atoms with Crippen molar-refractivity contribution in [3.05, 3.63) is 12.2 Å². The van der Waals surface area contributed by atoms with Gasteiger partial charge in [0, 0.05) is 6.42 Å². The van der Waals surface area contributed by atoms with E-state index in [9.17, 15) is 9.59 Å². The summed E-state index contributed by atoms with van der Waals surface area (Å²) in [6.45, 7) is 1.65. The first-order chi connectivity index (χ1) is 10.5. The minimum absolute atomic E-state index is 0.289. The number of carboxylic acids is 1. The molecule has 0 spiro atoms. The predicted octanol–water partition coefficient (Wildman–Crippen LogP) is 4.26. The maximum absolute atomic E-state index is 10.8. The van der Waals surface area contributed by atoms with Crippen LogP contribution in [-0.2, 0) is 9.59 Å². The minimum Gasteiger partial charge on any atom is -0.479 e. The number of aliphatic hydroxyl groups excluding tert-OH is 1. The van der Waals surface area contributed by atoms with E-state index in [1.165, 1.54) is 12.8 Å². The van der Waals surface area contributed by atoms with E-state index >= 15 is 0 Å². The zero-order valence-electron chi connectivity index (χ0n) is 13.9. The molecule has 4 nitrogen and oxygen atoms in total. The van der Waals surface area contributed by atoms with Gasteiger partial charge in [0.1, 0.15) is 5.78 Å². The summed E-state index contributed by atoms with van der Waals surface area (Å²) >= 11 is 0. The van der Waals surface area contributed by atoms with Crippen LogP contribution in [0.3, 0.4) is 0 Å². The highest BCUT2D eigenvalue weighted by molar-refractivity contribution is 5.75. The Hall–Kier alpha value is -1.16. The number of hydrogen-bond acceptors (Lipinski definition) is 3. The Morgan fingerprint density at radius 1 is 0.864 bits per heavy atom. The van der Waals surface area contributed by atoms with Gasteiger partial charge in [-0.15, -0.1) is 0 Å². The van der Waals surface area contributed by atoms with Crippen LogP contribution in [0.25, 0.3) is 0 Å². The van der Waals surface area contributed by atoms with Crippen LogP contribution in [0, 0.1) is 0 Å². The number of hydrogen-bond donors (Lipinski definition) is 2. The van der Waals surface area contributed by atoms with Crippen molar-refractivity contribution in [3.63, 3.8) is 0 Å². The second-order valence-corrected chi connectivity index (χ2v) is 5.97. The van der Waals surface area contributed by atoms with Crippen molar-refractivity contribution < 1.29 is 19.8 Å². The molecular weight excluding hydrogens is 280 g/mol. The Kier molecular flexibility index (Phi) is 14.0. The number of aliphatic carboxylic acids is 1. The molecule has 128 valence electrons. The molecule has 0 saturated heterocycles. The number of Topliss-reactive ketones (excluding diaryl/α,β-unsaturated/α-hetero) is 1. The molecule has 0 radical (unpaired) electrons. The lowest BCUT2D eigenvalue weighted by Crippen LogP contribution is -2.18. The van der Waals surface area contributed by atoms with Crippen molar-refractivity contribution in [2.75, 3.05) is 0 Å². The normalized spacial score (nSPS) is 12.6. The smallest absolute Gasteiger partial charge is 0.332 e. The highest BCUT2D eigenvalue weighted by atomic mass is 16.4. The van der Waals surface area contributed by atoms with Gasteiger partial charge in [0.2, 0.25) is 0 Å². The molecule has 1 atom stereocenters. The number of aliphatic hydroxyl groups is 1. The first-order valence-electron chi connectivity index (χ1n) is 8.59. The van der Waals surface area contributed by atoms with Crippen molar-refractivity contribution in [2.24, 2.45) is 0 Å². The summed E-state index contributed by atoms with van der Waals surface area (Å²) < 4.78 is 0. The Bertz CT molecular complexity index is 323. The summed E-state index contributed by atoms with van der Waals surface area (Å²) in [5, 5.41) is 17.6. The van der Waals surface area contributed by atoms with Crippen molar-refractivity contribution in [1.29, 1.82) is 0 Å². The average Bonchev–Trinajstić information content (AvgIpc) is 2.46. The molecule has 22 heavy (non-hydrogen) atoms. The first-order valence-corrected chi connectivity index (χ1v) is 8.59. The quantitative estimate of drug-likeness (QED) is 0.350. The fraction of sp³-hybridized carbons (Fsp3) is 0.778. The van der Waals surface area contributed by atoms with Crippen LogP contribution in [0.2, 0.25) is 0 Å². The number of allylic oxidation sites excluding steroid dienone is 2. The molecular formula is C18H32O4. The standard InChI is InChI=1S/C18H32O4/c1-16(19)14-12-10-8-6-4-2-3-5-7-9-11-13-15-17(20)18(21)22/h2-3,17,20H,4-15H2,1H3,(H,21,22)/b3-2-/t17-/m0/s1. The van der Waals surface area contributed by atoms with E-state index in [0.717, 1.165) is 57.8 Å². The van der Waals surface area contributed by atoms with E-state index in [4.69, 9.17) is 10.2 Å². The molecule has 0 fully saturated rings. The molecule has 0 amide bonds. The summed E-state index contributed by atoms with van der Waals surface area (Å²) in [4.78, 5) is 21.2. The largest absolute Gasteiger partial charge is 0.479 e. The Balaban J connectivity index is 3.21. The Labute approximate surface area is 134 Å². The number of unbranched alkanes of at least 4 members (excludes halogenated alkanes) is 8.